The fourth-order valence-electron chi connectivity index (χ4n) is 1.89. The van der Waals surface area contributed by atoms with Crippen molar-refractivity contribution in [3.63, 3.8) is 0 Å². The van der Waals surface area contributed by atoms with Gasteiger partial charge in [0.15, 0.2) is 0 Å². The number of nitrogens with one attached hydrogen (secondary N) is 1. The lowest BCUT2D eigenvalue weighted by Gasteiger charge is -2.14. The molecule has 0 aromatic heterocycles. The molecule has 0 spiro atoms. The van der Waals surface area contributed by atoms with Crippen molar-refractivity contribution in [3.05, 3.63) is 0 Å². The van der Waals surface area contributed by atoms with Crippen molar-refractivity contribution in [3.8, 4) is 0 Å². The first-order valence-corrected chi connectivity index (χ1v) is 8.51. The lowest BCUT2D eigenvalue weighted by Crippen LogP contribution is -2.39. The summed E-state index contributed by atoms with van der Waals surface area (Å²) >= 11 is 0.998. The quantitative estimate of drug-likeness (QED) is 0.635. The summed E-state index contributed by atoms with van der Waals surface area (Å²) in [6.45, 7) is 6.23. The van der Waals surface area contributed by atoms with Crippen molar-refractivity contribution in [2.45, 2.75) is 33.6 Å². The fourth-order valence-corrected chi connectivity index (χ4v) is 2.46. The molecule has 3 amide bonds. The summed E-state index contributed by atoms with van der Waals surface area (Å²) in [6, 6.07) is 0. The third-order valence-corrected chi connectivity index (χ3v) is 3.86. The molecule has 7 nitrogen and oxygen atoms in total. The van der Waals surface area contributed by atoms with Gasteiger partial charge < -0.3 is 10.4 Å². The first kappa shape index (κ1) is 20.4. The third-order valence-electron chi connectivity index (χ3n) is 2.95. The van der Waals surface area contributed by atoms with E-state index in [1.807, 2.05) is 20.8 Å². The predicted octanol–water partition coefficient (Wildman–Crippen LogP) is 0.732. The number of carboxylic acid groups (broad SMARTS) is 1. The Morgan fingerprint density at radius 3 is 2.45 bits per heavy atom. The van der Waals surface area contributed by atoms with Crippen LogP contribution < -0.4 is 5.32 Å². The molecule has 22 heavy (non-hydrogen) atoms. The van der Waals surface area contributed by atoms with Gasteiger partial charge in [0, 0.05) is 25.4 Å². The summed E-state index contributed by atoms with van der Waals surface area (Å²) in [5, 5.41) is 11.0. The molecule has 1 aliphatic rings. The molecule has 1 saturated heterocycles. The molecule has 0 saturated carbocycles. The third kappa shape index (κ3) is 6.93. The second-order valence-corrected chi connectivity index (χ2v) is 5.41. The van der Waals surface area contributed by atoms with Gasteiger partial charge >= 0.3 is 5.97 Å². The molecule has 1 unspecified atom stereocenters. The summed E-state index contributed by atoms with van der Waals surface area (Å²) in [5.74, 6) is -1.96. The van der Waals surface area contributed by atoms with Crippen molar-refractivity contribution in [1.29, 1.82) is 0 Å². The minimum absolute atomic E-state index is 0.0474. The van der Waals surface area contributed by atoms with Crippen molar-refractivity contribution < 1.29 is 24.3 Å². The standard InChI is InChI=1S/C12H18N2O5S.C2H6/c1-2-8-5-10(16)14(12(8)19)4-3-13-9(15)6-20-7-11(17)18;1-2/h8H,2-7H2,1H3,(H,13,15)(H,17,18);1-2H3. The molecule has 8 heteroatoms. The largest absolute Gasteiger partial charge is 0.481 e. The van der Waals surface area contributed by atoms with Crippen LogP contribution in [0.1, 0.15) is 33.6 Å². The molecule has 1 aliphatic heterocycles. The van der Waals surface area contributed by atoms with Gasteiger partial charge in [0.05, 0.1) is 11.5 Å². The van der Waals surface area contributed by atoms with Crippen molar-refractivity contribution >= 4 is 35.5 Å². The molecule has 1 atom stereocenters. The Balaban J connectivity index is 0.00000211. The average molecular weight is 332 g/mol. The van der Waals surface area contributed by atoms with Crippen LogP contribution in [0.4, 0.5) is 0 Å². The second-order valence-electron chi connectivity index (χ2n) is 4.43. The van der Waals surface area contributed by atoms with Crippen molar-refractivity contribution in [2.24, 2.45) is 5.92 Å². The van der Waals surface area contributed by atoms with Gasteiger partial charge in [-0.1, -0.05) is 20.8 Å². The monoisotopic (exact) mass is 332 g/mol. The van der Waals surface area contributed by atoms with E-state index in [0.717, 1.165) is 11.8 Å². The van der Waals surface area contributed by atoms with E-state index < -0.39 is 5.97 Å². The van der Waals surface area contributed by atoms with E-state index in [9.17, 15) is 19.2 Å². The number of carboxylic acids is 1. The van der Waals surface area contributed by atoms with Crippen LogP contribution in [0.15, 0.2) is 0 Å². The maximum atomic E-state index is 11.8. The van der Waals surface area contributed by atoms with Gasteiger partial charge in [0.2, 0.25) is 17.7 Å². The molecule has 0 aromatic rings. The van der Waals surface area contributed by atoms with Gasteiger partial charge in [-0.25, -0.2) is 0 Å². The molecule has 0 radical (unpaired) electrons. The smallest absolute Gasteiger partial charge is 0.313 e. The van der Waals surface area contributed by atoms with Crippen LogP contribution in [0.5, 0.6) is 0 Å². The predicted molar refractivity (Wildman–Crippen MR) is 84.4 cm³/mol. The van der Waals surface area contributed by atoms with Gasteiger partial charge in [-0.15, -0.1) is 11.8 Å². The van der Waals surface area contributed by atoms with E-state index in [-0.39, 0.29) is 54.7 Å². The highest BCUT2D eigenvalue weighted by atomic mass is 32.2. The Bertz CT molecular complexity index is 414. The SMILES string of the molecule is CC.CCC1CC(=O)N(CCNC(=O)CSCC(=O)O)C1=O. The number of rotatable bonds is 8. The van der Waals surface area contributed by atoms with Crippen LogP contribution in [-0.2, 0) is 19.2 Å². The minimum atomic E-state index is -0.971. The number of carbonyl (C=O) groups excluding carboxylic acids is 3. The lowest BCUT2D eigenvalue weighted by molar-refractivity contribution is -0.139. The second kappa shape index (κ2) is 11.1. The zero-order chi connectivity index (χ0) is 17.1. The Hall–Kier alpha value is -1.57. The number of carbonyl (C=O) groups is 4. The van der Waals surface area contributed by atoms with Crippen LogP contribution in [-0.4, -0.2) is 58.3 Å². The van der Waals surface area contributed by atoms with Crippen LogP contribution in [0.25, 0.3) is 0 Å². The Morgan fingerprint density at radius 2 is 1.95 bits per heavy atom. The summed E-state index contributed by atoms with van der Waals surface area (Å²) in [4.78, 5) is 46.2. The van der Waals surface area contributed by atoms with Crippen LogP contribution in [0, 0.1) is 5.92 Å². The molecule has 126 valence electrons. The molecule has 0 bridgehead atoms. The number of aliphatic carboxylic acids is 1. The van der Waals surface area contributed by atoms with E-state index in [0.29, 0.717) is 6.42 Å². The number of thioether (sulfide) groups is 1. The topological polar surface area (TPSA) is 104 Å². The molecule has 0 aromatic carbocycles. The maximum Gasteiger partial charge on any atom is 0.313 e. The Kier molecular flexibility index (Phi) is 10.3. The number of hydrogen-bond acceptors (Lipinski definition) is 5. The molecule has 1 rings (SSSR count). The summed E-state index contributed by atoms with van der Waals surface area (Å²) in [7, 11) is 0. The van der Waals surface area contributed by atoms with E-state index >= 15 is 0 Å². The van der Waals surface area contributed by atoms with Gasteiger partial charge in [0.1, 0.15) is 0 Å². The first-order chi connectivity index (χ1) is 10.5. The van der Waals surface area contributed by atoms with Gasteiger partial charge in [0.25, 0.3) is 0 Å². The fraction of sp³-hybridized carbons (Fsp3) is 0.714. The highest BCUT2D eigenvalue weighted by Gasteiger charge is 2.36. The van der Waals surface area contributed by atoms with Crippen LogP contribution >= 0.6 is 11.8 Å². The first-order valence-electron chi connectivity index (χ1n) is 7.36. The molecule has 0 aliphatic carbocycles. The number of imide groups is 1. The summed E-state index contributed by atoms with van der Waals surface area (Å²) < 4.78 is 0. The Labute approximate surface area is 134 Å². The van der Waals surface area contributed by atoms with Crippen molar-refractivity contribution in [1.82, 2.24) is 10.2 Å². The lowest BCUT2D eigenvalue weighted by atomic mass is 10.1. The van der Waals surface area contributed by atoms with E-state index in [2.05, 4.69) is 5.32 Å². The summed E-state index contributed by atoms with van der Waals surface area (Å²) in [6.07, 6.45) is 0.886. The van der Waals surface area contributed by atoms with Gasteiger partial charge in [-0.05, 0) is 6.42 Å². The highest BCUT2D eigenvalue weighted by Crippen LogP contribution is 2.21. The van der Waals surface area contributed by atoms with Gasteiger partial charge in [-0.2, -0.15) is 0 Å². The normalized spacial score (nSPS) is 17.0. The molecule has 2 N–H and O–H groups in total. The zero-order valence-corrected chi connectivity index (χ0v) is 14.1. The molecule has 1 fully saturated rings. The molecular weight excluding hydrogens is 308 g/mol. The number of likely N-dealkylation sites (tertiary alicyclic amines) is 1. The van der Waals surface area contributed by atoms with Gasteiger partial charge in [-0.3, -0.25) is 24.1 Å². The molecular formula is C14H24N2O5S. The zero-order valence-electron chi connectivity index (χ0n) is 13.3. The van der Waals surface area contributed by atoms with E-state index in [4.69, 9.17) is 5.11 Å². The van der Waals surface area contributed by atoms with E-state index in [1.54, 1.807) is 0 Å². The van der Waals surface area contributed by atoms with Crippen LogP contribution in [0.2, 0.25) is 0 Å². The van der Waals surface area contributed by atoms with Crippen molar-refractivity contribution in [2.75, 3.05) is 24.6 Å². The van der Waals surface area contributed by atoms with Crippen LogP contribution in [0.3, 0.4) is 0 Å². The number of nitrogens with zero attached hydrogens (tertiary/aromatic N) is 1. The number of hydrogen-bond donors (Lipinski definition) is 2. The van der Waals surface area contributed by atoms with E-state index in [1.165, 1.54) is 4.90 Å². The minimum Gasteiger partial charge on any atom is -0.481 e. The average Bonchev–Trinajstić information content (AvgIpc) is 2.76. The highest BCUT2D eigenvalue weighted by molar-refractivity contribution is 8.00. The Morgan fingerprint density at radius 1 is 1.32 bits per heavy atom. The maximum absolute atomic E-state index is 11.8. The molecule has 1 heterocycles. The number of amides is 3. The summed E-state index contributed by atoms with van der Waals surface area (Å²) in [5.41, 5.74) is 0.